The number of carbonyl (C=O) groups is 1. The van der Waals surface area contributed by atoms with Crippen LogP contribution in [-0.2, 0) is 11.3 Å². The zero-order chi connectivity index (χ0) is 22.1. The normalized spacial score (nSPS) is 14.6. The molecule has 1 fully saturated rings. The standard InChI is InChI=1S/C23H27FN4O2S/c1-14(2)22-25-15(3)12-19(26-22)27-8-10-28(11-9-27)23(29)21-16(13-30-4)20-17(24)6-5-7-18(20)31-21/h5-7,12,14H,8-11,13H2,1-4H3. The average molecular weight is 443 g/mol. The number of ether oxygens (including phenoxy) is 1. The molecule has 1 saturated heterocycles. The van der Waals surface area contributed by atoms with Gasteiger partial charge in [0, 0.05) is 66.6 Å². The van der Waals surface area contributed by atoms with Gasteiger partial charge in [0.15, 0.2) is 0 Å². The van der Waals surface area contributed by atoms with Crippen LogP contribution in [0.25, 0.3) is 10.1 Å². The van der Waals surface area contributed by atoms with Crippen LogP contribution in [0.5, 0.6) is 0 Å². The lowest BCUT2D eigenvalue weighted by Gasteiger charge is -2.35. The number of anilines is 1. The highest BCUT2D eigenvalue weighted by atomic mass is 32.1. The highest BCUT2D eigenvalue weighted by Gasteiger charge is 2.28. The number of piperazine rings is 1. The van der Waals surface area contributed by atoms with E-state index in [0.717, 1.165) is 22.0 Å². The van der Waals surface area contributed by atoms with Crippen LogP contribution in [-0.4, -0.2) is 54.1 Å². The number of fused-ring (bicyclic) bond motifs is 1. The lowest BCUT2D eigenvalue weighted by molar-refractivity contribution is 0.0747. The minimum atomic E-state index is -0.315. The fraction of sp³-hybridized carbons (Fsp3) is 0.435. The molecular formula is C23H27FN4O2S. The lowest BCUT2D eigenvalue weighted by atomic mass is 10.1. The van der Waals surface area contributed by atoms with Gasteiger partial charge in [-0.05, 0) is 19.1 Å². The maximum atomic E-state index is 14.5. The molecule has 3 heterocycles. The number of aromatic nitrogens is 2. The van der Waals surface area contributed by atoms with Gasteiger partial charge < -0.3 is 14.5 Å². The van der Waals surface area contributed by atoms with Gasteiger partial charge in [0.05, 0.1) is 11.5 Å². The van der Waals surface area contributed by atoms with E-state index in [1.54, 1.807) is 13.2 Å². The summed E-state index contributed by atoms with van der Waals surface area (Å²) in [5, 5.41) is 0.494. The van der Waals surface area contributed by atoms with Crippen LogP contribution < -0.4 is 4.90 Å². The minimum absolute atomic E-state index is 0.0611. The van der Waals surface area contributed by atoms with Gasteiger partial charge in [-0.3, -0.25) is 4.79 Å². The second-order valence-electron chi connectivity index (χ2n) is 8.12. The largest absolute Gasteiger partial charge is 0.380 e. The first-order valence-corrected chi connectivity index (χ1v) is 11.3. The van der Waals surface area contributed by atoms with Gasteiger partial charge in [-0.2, -0.15) is 0 Å². The average Bonchev–Trinajstić information content (AvgIpc) is 3.13. The van der Waals surface area contributed by atoms with E-state index >= 15 is 0 Å². The summed E-state index contributed by atoms with van der Waals surface area (Å²) in [6.45, 7) is 8.91. The van der Waals surface area contributed by atoms with Crippen molar-refractivity contribution in [2.24, 2.45) is 0 Å². The van der Waals surface area contributed by atoms with Crippen LogP contribution in [0.15, 0.2) is 24.3 Å². The van der Waals surface area contributed by atoms with Crippen LogP contribution >= 0.6 is 11.3 Å². The number of aryl methyl sites for hydroxylation is 1. The molecule has 1 aliphatic rings. The predicted octanol–water partition coefficient (Wildman–Crippen LogP) is 4.37. The quantitative estimate of drug-likeness (QED) is 0.587. The zero-order valence-electron chi connectivity index (χ0n) is 18.3. The van der Waals surface area contributed by atoms with Gasteiger partial charge in [0.1, 0.15) is 17.5 Å². The maximum Gasteiger partial charge on any atom is 0.264 e. The number of hydrogen-bond donors (Lipinski definition) is 0. The monoisotopic (exact) mass is 442 g/mol. The number of rotatable bonds is 5. The van der Waals surface area contributed by atoms with Crippen LogP contribution in [0.3, 0.4) is 0 Å². The second-order valence-corrected chi connectivity index (χ2v) is 9.17. The molecule has 0 bridgehead atoms. The molecule has 0 saturated carbocycles. The molecule has 6 nitrogen and oxygen atoms in total. The smallest absolute Gasteiger partial charge is 0.264 e. The Morgan fingerprint density at radius 2 is 1.97 bits per heavy atom. The van der Waals surface area contributed by atoms with Crippen molar-refractivity contribution in [1.82, 2.24) is 14.9 Å². The summed E-state index contributed by atoms with van der Waals surface area (Å²) in [6.07, 6.45) is 0. The number of hydrogen-bond acceptors (Lipinski definition) is 6. The fourth-order valence-corrected chi connectivity index (χ4v) is 5.09. The van der Waals surface area contributed by atoms with E-state index in [2.05, 4.69) is 23.7 Å². The summed E-state index contributed by atoms with van der Waals surface area (Å²) in [5.41, 5.74) is 1.59. The Morgan fingerprint density at radius 1 is 1.23 bits per heavy atom. The molecule has 8 heteroatoms. The number of amides is 1. The predicted molar refractivity (Wildman–Crippen MR) is 121 cm³/mol. The molecule has 1 aromatic carbocycles. The molecule has 31 heavy (non-hydrogen) atoms. The summed E-state index contributed by atoms with van der Waals surface area (Å²) in [6, 6.07) is 6.94. The Hall–Kier alpha value is -2.58. The molecule has 0 spiro atoms. The highest BCUT2D eigenvalue weighted by Crippen LogP contribution is 2.35. The van der Waals surface area contributed by atoms with Crippen LogP contribution in [0.2, 0.25) is 0 Å². The van der Waals surface area contributed by atoms with Crippen molar-refractivity contribution < 1.29 is 13.9 Å². The first-order valence-electron chi connectivity index (χ1n) is 10.5. The van der Waals surface area contributed by atoms with E-state index < -0.39 is 0 Å². The van der Waals surface area contributed by atoms with Crippen molar-refractivity contribution in [3.05, 3.63) is 52.0 Å². The number of thiophene rings is 1. The van der Waals surface area contributed by atoms with Crippen molar-refractivity contribution in [2.45, 2.75) is 33.3 Å². The van der Waals surface area contributed by atoms with E-state index in [9.17, 15) is 9.18 Å². The topological polar surface area (TPSA) is 58.6 Å². The summed E-state index contributed by atoms with van der Waals surface area (Å²) in [7, 11) is 1.56. The van der Waals surface area contributed by atoms with Crippen molar-refractivity contribution in [3.63, 3.8) is 0 Å². The molecule has 1 amide bonds. The molecule has 2 aromatic heterocycles. The molecule has 3 aromatic rings. The number of carbonyl (C=O) groups excluding carboxylic acids is 1. The van der Waals surface area contributed by atoms with Crippen molar-refractivity contribution in [3.8, 4) is 0 Å². The molecule has 0 radical (unpaired) electrons. The Labute approximate surface area is 185 Å². The molecular weight excluding hydrogens is 415 g/mol. The zero-order valence-corrected chi connectivity index (χ0v) is 19.1. The molecule has 0 unspecified atom stereocenters. The Morgan fingerprint density at radius 3 is 2.65 bits per heavy atom. The third-order valence-electron chi connectivity index (χ3n) is 5.51. The van der Waals surface area contributed by atoms with Crippen LogP contribution in [0, 0.1) is 12.7 Å². The van der Waals surface area contributed by atoms with E-state index in [1.165, 1.54) is 17.4 Å². The van der Waals surface area contributed by atoms with E-state index in [4.69, 9.17) is 9.72 Å². The summed E-state index contributed by atoms with van der Waals surface area (Å²) >= 11 is 1.34. The number of halogens is 1. The van der Waals surface area contributed by atoms with Gasteiger partial charge in [-0.25, -0.2) is 14.4 Å². The van der Waals surface area contributed by atoms with E-state index in [1.807, 2.05) is 24.0 Å². The number of nitrogens with zero attached hydrogens (tertiary/aromatic N) is 4. The minimum Gasteiger partial charge on any atom is -0.380 e. The van der Waals surface area contributed by atoms with Crippen molar-refractivity contribution in [2.75, 3.05) is 38.2 Å². The molecule has 4 rings (SSSR count). The highest BCUT2D eigenvalue weighted by molar-refractivity contribution is 7.21. The first kappa shape index (κ1) is 21.6. The maximum absolute atomic E-state index is 14.5. The molecule has 0 N–H and O–H groups in total. The Balaban J connectivity index is 1.54. The third-order valence-corrected chi connectivity index (χ3v) is 6.70. The van der Waals surface area contributed by atoms with Crippen molar-refractivity contribution >= 4 is 33.1 Å². The molecule has 0 atom stereocenters. The molecule has 0 aliphatic carbocycles. The fourth-order valence-electron chi connectivity index (χ4n) is 3.90. The SMILES string of the molecule is COCc1c(C(=O)N2CCN(c3cc(C)nc(C(C)C)n3)CC2)sc2cccc(F)c12. The van der Waals surface area contributed by atoms with Gasteiger partial charge in [-0.1, -0.05) is 19.9 Å². The lowest BCUT2D eigenvalue weighted by Crippen LogP contribution is -2.49. The summed E-state index contributed by atoms with van der Waals surface area (Å²) in [4.78, 5) is 27.2. The second kappa shape index (κ2) is 8.88. The Kier molecular flexibility index (Phi) is 6.20. The number of methoxy groups -OCH3 is 1. The van der Waals surface area contributed by atoms with Gasteiger partial charge in [0.25, 0.3) is 5.91 Å². The molecule has 164 valence electrons. The van der Waals surface area contributed by atoms with E-state index in [0.29, 0.717) is 42.0 Å². The summed E-state index contributed by atoms with van der Waals surface area (Å²) < 4.78 is 20.5. The van der Waals surface area contributed by atoms with Gasteiger partial charge in [0.2, 0.25) is 0 Å². The number of benzene rings is 1. The molecule has 1 aliphatic heterocycles. The van der Waals surface area contributed by atoms with Crippen LogP contribution in [0.4, 0.5) is 10.2 Å². The van der Waals surface area contributed by atoms with Crippen LogP contribution in [0.1, 0.15) is 46.5 Å². The summed E-state index contributed by atoms with van der Waals surface area (Å²) in [5.74, 6) is 1.63. The van der Waals surface area contributed by atoms with Gasteiger partial charge in [-0.15, -0.1) is 11.3 Å². The van der Waals surface area contributed by atoms with E-state index in [-0.39, 0.29) is 24.2 Å². The van der Waals surface area contributed by atoms with Crippen molar-refractivity contribution in [1.29, 1.82) is 0 Å². The Bertz CT molecular complexity index is 1110. The first-order chi connectivity index (χ1) is 14.9. The third kappa shape index (κ3) is 4.27. The van der Waals surface area contributed by atoms with Gasteiger partial charge >= 0.3 is 0 Å².